The van der Waals surface area contributed by atoms with E-state index < -0.39 is 15.9 Å². The molecule has 0 aliphatic heterocycles. The zero-order valence-electron chi connectivity index (χ0n) is 18.2. The maximum absolute atomic E-state index is 12.9. The maximum atomic E-state index is 12.9. The van der Waals surface area contributed by atoms with Gasteiger partial charge in [-0.3, -0.25) is 10.1 Å². The highest BCUT2D eigenvalue weighted by molar-refractivity contribution is 7.98. The Kier molecular flexibility index (Phi) is 8.05. The van der Waals surface area contributed by atoms with E-state index >= 15 is 0 Å². The highest BCUT2D eigenvalue weighted by atomic mass is 32.2. The molecular formula is C22H26N4O4S2. The van der Waals surface area contributed by atoms with Crippen molar-refractivity contribution in [2.24, 2.45) is 0 Å². The second-order valence-corrected chi connectivity index (χ2v) is 9.84. The van der Waals surface area contributed by atoms with Gasteiger partial charge in [-0.05, 0) is 67.6 Å². The molecule has 1 heterocycles. The number of benzene rings is 2. The molecule has 8 nitrogen and oxygen atoms in total. The molecule has 2 aromatic carbocycles. The number of carbonyl (C=O) groups excluding carboxylic acids is 1. The Bertz CT molecular complexity index is 1140. The highest BCUT2D eigenvalue weighted by Crippen LogP contribution is 2.23. The molecular weight excluding hydrogens is 448 g/mol. The molecule has 0 radical (unpaired) electrons. The SMILES string of the molecule is CCCN(CCC)S(=O)(=O)c1ccc(C(=O)Nc2nnc(-c3ccc(SC)cc3)o2)cc1. The Morgan fingerprint density at radius 3 is 2.19 bits per heavy atom. The lowest BCUT2D eigenvalue weighted by Crippen LogP contribution is -2.32. The molecule has 0 aliphatic carbocycles. The van der Waals surface area contributed by atoms with Gasteiger partial charge in [0.25, 0.3) is 5.91 Å². The van der Waals surface area contributed by atoms with Crippen LogP contribution >= 0.6 is 11.8 Å². The van der Waals surface area contributed by atoms with E-state index in [2.05, 4.69) is 15.5 Å². The number of aromatic nitrogens is 2. The highest BCUT2D eigenvalue weighted by Gasteiger charge is 2.23. The molecule has 3 aromatic rings. The van der Waals surface area contributed by atoms with Crippen LogP contribution in [0.3, 0.4) is 0 Å². The number of hydrogen-bond donors (Lipinski definition) is 1. The monoisotopic (exact) mass is 474 g/mol. The summed E-state index contributed by atoms with van der Waals surface area (Å²) >= 11 is 1.63. The predicted molar refractivity (Wildman–Crippen MR) is 125 cm³/mol. The van der Waals surface area contributed by atoms with E-state index in [1.165, 1.54) is 28.6 Å². The number of nitrogens with one attached hydrogen (secondary N) is 1. The Balaban J connectivity index is 1.70. The molecule has 0 saturated carbocycles. The van der Waals surface area contributed by atoms with E-state index in [-0.39, 0.29) is 16.5 Å². The van der Waals surface area contributed by atoms with Gasteiger partial charge >= 0.3 is 6.01 Å². The van der Waals surface area contributed by atoms with Crippen molar-refractivity contribution in [1.82, 2.24) is 14.5 Å². The minimum atomic E-state index is -3.60. The molecule has 170 valence electrons. The molecule has 0 unspecified atom stereocenters. The van der Waals surface area contributed by atoms with Crippen LogP contribution < -0.4 is 5.32 Å². The van der Waals surface area contributed by atoms with Crippen LogP contribution in [0.25, 0.3) is 11.5 Å². The van der Waals surface area contributed by atoms with E-state index in [0.717, 1.165) is 23.3 Å². The smallest absolute Gasteiger partial charge is 0.322 e. The van der Waals surface area contributed by atoms with Crippen LogP contribution in [0.4, 0.5) is 6.01 Å². The van der Waals surface area contributed by atoms with E-state index in [0.29, 0.717) is 19.0 Å². The quantitative estimate of drug-likeness (QED) is 0.431. The molecule has 0 spiro atoms. The molecule has 3 rings (SSSR count). The first-order chi connectivity index (χ1) is 15.4. The number of hydrogen-bond acceptors (Lipinski definition) is 7. The van der Waals surface area contributed by atoms with Crippen LogP contribution in [-0.2, 0) is 10.0 Å². The molecule has 0 bridgehead atoms. The largest absolute Gasteiger partial charge is 0.403 e. The van der Waals surface area contributed by atoms with Crippen molar-refractivity contribution in [3.8, 4) is 11.5 Å². The number of nitrogens with zero attached hydrogens (tertiary/aromatic N) is 3. The van der Waals surface area contributed by atoms with E-state index in [1.54, 1.807) is 11.8 Å². The molecule has 1 amide bonds. The van der Waals surface area contributed by atoms with Gasteiger partial charge in [-0.15, -0.1) is 16.9 Å². The zero-order chi connectivity index (χ0) is 23.1. The van der Waals surface area contributed by atoms with E-state index in [4.69, 9.17) is 4.42 Å². The fourth-order valence-corrected chi connectivity index (χ4v) is 5.10. The Hall–Kier alpha value is -2.69. The van der Waals surface area contributed by atoms with Crippen molar-refractivity contribution in [2.75, 3.05) is 24.7 Å². The number of carbonyl (C=O) groups is 1. The summed E-state index contributed by atoms with van der Waals surface area (Å²) in [5.74, 6) is -0.179. The average Bonchev–Trinajstić information content (AvgIpc) is 3.27. The molecule has 1 N–H and O–H groups in total. The van der Waals surface area contributed by atoms with Gasteiger partial charge in [0.05, 0.1) is 4.90 Å². The summed E-state index contributed by atoms with van der Waals surface area (Å²) in [4.78, 5) is 13.8. The normalized spacial score (nSPS) is 11.6. The van der Waals surface area contributed by atoms with Gasteiger partial charge in [0.1, 0.15) is 0 Å². The van der Waals surface area contributed by atoms with Crippen LogP contribution in [0.2, 0.25) is 0 Å². The van der Waals surface area contributed by atoms with Crippen molar-refractivity contribution >= 4 is 33.7 Å². The van der Waals surface area contributed by atoms with Crippen LogP contribution in [0.15, 0.2) is 62.7 Å². The number of amides is 1. The molecule has 32 heavy (non-hydrogen) atoms. The first-order valence-corrected chi connectivity index (χ1v) is 12.9. The Morgan fingerprint density at radius 2 is 1.62 bits per heavy atom. The van der Waals surface area contributed by atoms with Gasteiger partial charge in [-0.1, -0.05) is 18.9 Å². The van der Waals surface area contributed by atoms with Crippen molar-refractivity contribution < 1.29 is 17.6 Å². The van der Waals surface area contributed by atoms with Gasteiger partial charge < -0.3 is 4.42 Å². The van der Waals surface area contributed by atoms with Gasteiger partial charge in [-0.2, -0.15) is 4.31 Å². The average molecular weight is 475 g/mol. The lowest BCUT2D eigenvalue weighted by molar-refractivity contribution is 0.102. The summed E-state index contributed by atoms with van der Waals surface area (Å²) in [6.45, 7) is 4.79. The molecule has 0 aliphatic rings. The maximum Gasteiger partial charge on any atom is 0.322 e. The standard InChI is InChI=1S/C22H26N4O4S2/c1-4-14-26(15-5-2)32(28,29)19-12-8-16(9-13-19)20(27)23-22-25-24-21(30-22)17-6-10-18(31-3)11-7-17/h6-13H,4-5,14-15H2,1-3H3,(H,23,25,27). The second-order valence-electron chi connectivity index (χ2n) is 7.02. The lowest BCUT2D eigenvalue weighted by Gasteiger charge is -2.21. The summed E-state index contributed by atoms with van der Waals surface area (Å²) in [6, 6.07) is 13.4. The number of thioether (sulfide) groups is 1. The van der Waals surface area contributed by atoms with Crippen LogP contribution in [0.5, 0.6) is 0 Å². The van der Waals surface area contributed by atoms with Crippen LogP contribution in [0.1, 0.15) is 37.0 Å². The summed E-state index contributed by atoms with van der Waals surface area (Å²) < 4.78 is 32.7. The predicted octanol–water partition coefficient (Wildman–Crippen LogP) is 4.52. The number of sulfonamides is 1. The second kappa shape index (κ2) is 10.8. The zero-order valence-corrected chi connectivity index (χ0v) is 19.9. The van der Waals surface area contributed by atoms with Crippen molar-refractivity contribution in [2.45, 2.75) is 36.5 Å². The van der Waals surface area contributed by atoms with Gasteiger partial charge in [0, 0.05) is 29.1 Å². The van der Waals surface area contributed by atoms with Crippen LogP contribution in [-0.4, -0.2) is 48.2 Å². The van der Waals surface area contributed by atoms with Crippen molar-refractivity contribution in [3.05, 3.63) is 54.1 Å². The molecule has 10 heteroatoms. The topological polar surface area (TPSA) is 105 Å². The number of anilines is 1. The molecule has 1 aromatic heterocycles. The Morgan fingerprint density at radius 1 is 1.00 bits per heavy atom. The van der Waals surface area contributed by atoms with Crippen molar-refractivity contribution in [3.63, 3.8) is 0 Å². The third kappa shape index (κ3) is 5.56. The van der Waals surface area contributed by atoms with Crippen LogP contribution in [0, 0.1) is 0 Å². The summed E-state index contributed by atoms with van der Waals surface area (Å²) in [7, 11) is -3.60. The summed E-state index contributed by atoms with van der Waals surface area (Å²) in [5, 5.41) is 10.4. The third-order valence-electron chi connectivity index (χ3n) is 4.68. The fourth-order valence-electron chi connectivity index (χ4n) is 3.07. The van der Waals surface area contributed by atoms with Crippen molar-refractivity contribution in [1.29, 1.82) is 0 Å². The molecule has 0 atom stereocenters. The first kappa shape index (κ1) is 24.0. The third-order valence-corrected chi connectivity index (χ3v) is 7.34. The first-order valence-electron chi connectivity index (χ1n) is 10.3. The summed E-state index contributed by atoms with van der Waals surface area (Å²) in [6.07, 6.45) is 3.45. The van der Waals surface area contributed by atoms with Gasteiger partial charge in [0.15, 0.2) is 0 Å². The van der Waals surface area contributed by atoms with Gasteiger partial charge in [-0.25, -0.2) is 8.42 Å². The Labute approximate surface area is 192 Å². The minimum Gasteiger partial charge on any atom is -0.403 e. The summed E-state index contributed by atoms with van der Waals surface area (Å²) in [5.41, 5.74) is 1.03. The lowest BCUT2D eigenvalue weighted by atomic mass is 10.2. The number of rotatable bonds is 10. The fraction of sp³-hybridized carbons (Fsp3) is 0.318. The van der Waals surface area contributed by atoms with E-state index in [1.807, 2.05) is 44.4 Å². The van der Waals surface area contributed by atoms with Gasteiger partial charge in [0.2, 0.25) is 15.9 Å². The minimum absolute atomic E-state index is 0.0345. The molecule has 0 saturated heterocycles. The van der Waals surface area contributed by atoms with E-state index in [9.17, 15) is 13.2 Å². The molecule has 0 fully saturated rings.